The molecule has 12 heteroatoms. The Morgan fingerprint density at radius 1 is 0.971 bits per heavy atom. The first kappa shape index (κ1) is 25.2. The van der Waals surface area contributed by atoms with E-state index >= 15 is 0 Å². The maximum atomic E-state index is 13.0. The van der Waals surface area contributed by atoms with Crippen LogP contribution in [0.1, 0.15) is 40.0 Å². The van der Waals surface area contributed by atoms with Crippen molar-refractivity contribution in [1.82, 2.24) is 9.62 Å². The van der Waals surface area contributed by atoms with Crippen molar-refractivity contribution in [1.29, 1.82) is 0 Å². The number of carbonyl (C=O) groups is 3. The van der Waals surface area contributed by atoms with Gasteiger partial charge in [0.2, 0.25) is 10.0 Å². The van der Waals surface area contributed by atoms with Crippen molar-refractivity contribution in [2.75, 3.05) is 19.7 Å². The summed E-state index contributed by atoms with van der Waals surface area (Å²) >= 11 is 0. The molecule has 0 radical (unpaired) electrons. The van der Waals surface area contributed by atoms with Crippen molar-refractivity contribution >= 4 is 27.8 Å². The van der Waals surface area contributed by atoms with Gasteiger partial charge in [-0.05, 0) is 49.2 Å². The van der Waals surface area contributed by atoms with Crippen LogP contribution < -0.4 is 10.1 Å². The number of amides is 2. The molecule has 2 amide bonds. The highest BCUT2D eigenvalue weighted by molar-refractivity contribution is 7.89. The zero-order chi connectivity index (χ0) is 24.7. The fourth-order valence-corrected chi connectivity index (χ4v) is 5.03. The Kier molecular flexibility index (Phi) is 8.29. The highest BCUT2D eigenvalue weighted by Crippen LogP contribution is 2.24. The molecule has 0 aromatic heterocycles. The van der Waals surface area contributed by atoms with Gasteiger partial charge in [0.15, 0.2) is 6.61 Å². The highest BCUT2D eigenvalue weighted by atomic mass is 32.2. The van der Waals surface area contributed by atoms with Crippen LogP contribution in [0.25, 0.3) is 0 Å². The Labute approximate surface area is 194 Å². The van der Waals surface area contributed by atoms with E-state index in [1.165, 1.54) is 40.7 Å². The molecule has 1 N–H and O–H groups in total. The number of carbonyl (C=O) groups excluding carboxylic acids is 3. The van der Waals surface area contributed by atoms with E-state index in [1.807, 2.05) is 5.32 Å². The minimum atomic E-state index is -3.92. The van der Waals surface area contributed by atoms with Crippen LogP contribution in [0, 0.1) is 0 Å². The maximum Gasteiger partial charge on any atom is 0.387 e. The van der Waals surface area contributed by atoms with Gasteiger partial charge in [0.1, 0.15) is 5.75 Å². The van der Waals surface area contributed by atoms with Crippen molar-refractivity contribution in [2.24, 2.45) is 0 Å². The molecule has 0 spiro atoms. The smallest absolute Gasteiger partial charge is 0.387 e. The van der Waals surface area contributed by atoms with E-state index in [-0.39, 0.29) is 21.8 Å². The average molecular weight is 496 g/mol. The summed E-state index contributed by atoms with van der Waals surface area (Å²) in [7, 11) is -3.92. The molecular weight excluding hydrogens is 474 g/mol. The molecule has 3 rings (SSSR count). The van der Waals surface area contributed by atoms with E-state index in [0.717, 1.165) is 31.4 Å². The number of alkyl halides is 2. The fourth-order valence-electron chi connectivity index (χ4n) is 3.34. The summed E-state index contributed by atoms with van der Waals surface area (Å²) in [6, 6.07) is 10.1. The monoisotopic (exact) mass is 496 g/mol. The summed E-state index contributed by atoms with van der Waals surface area (Å²) in [5, 5.41) is 1.99. The van der Waals surface area contributed by atoms with Crippen LogP contribution in [0.5, 0.6) is 5.75 Å². The minimum absolute atomic E-state index is 0.0146. The largest absolute Gasteiger partial charge is 0.452 e. The number of nitrogens with zero attached hydrogens (tertiary/aromatic N) is 1. The SMILES string of the molecule is O=C(COC(=O)c1ccccc1S(=O)(=O)N1CCCCC1)NC(=O)c1ccc(OC(F)F)cc1. The number of nitrogens with one attached hydrogen (secondary N) is 1. The van der Waals surface area contributed by atoms with Crippen LogP contribution >= 0.6 is 0 Å². The lowest BCUT2D eigenvalue weighted by Crippen LogP contribution is -2.36. The first-order chi connectivity index (χ1) is 16.2. The summed E-state index contributed by atoms with van der Waals surface area (Å²) in [5.74, 6) is -3.00. The number of hydrogen-bond donors (Lipinski definition) is 1. The highest BCUT2D eigenvalue weighted by Gasteiger charge is 2.30. The molecule has 0 saturated carbocycles. The van der Waals surface area contributed by atoms with Gasteiger partial charge in [-0.25, -0.2) is 13.2 Å². The van der Waals surface area contributed by atoms with Gasteiger partial charge in [0.05, 0.1) is 10.5 Å². The number of benzene rings is 2. The van der Waals surface area contributed by atoms with E-state index in [2.05, 4.69) is 4.74 Å². The third kappa shape index (κ3) is 6.35. The van der Waals surface area contributed by atoms with Gasteiger partial charge in [0, 0.05) is 18.7 Å². The van der Waals surface area contributed by atoms with Crippen LogP contribution in [0.2, 0.25) is 0 Å². The maximum absolute atomic E-state index is 13.0. The zero-order valence-electron chi connectivity index (χ0n) is 17.9. The number of piperidine rings is 1. The van der Waals surface area contributed by atoms with E-state index in [9.17, 15) is 31.6 Å². The molecule has 0 unspecified atom stereocenters. The quantitative estimate of drug-likeness (QED) is 0.558. The van der Waals surface area contributed by atoms with Gasteiger partial charge in [-0.2, -0.15) is 13.1 Å². The van der Waals surface area contributed by atoms with Crippen molar-refractivity contribution in [3.8, 4) is 5.75 Å². The van der Waals surface area contributed by atoms with Gasteiger partial charge >= 0.3 is 12.6 Å². The summed E-state index contributed by atoms with van der Waals surface area (Å²) in [6.45, 7) is -3.15. The Hall–Kier alpha value is -3.38. The van der Waals surface area contributed by atoms with Crippen LogP contribution in [-0.4, -0.2) is 56.8 Å². The molecule has 1 fully saturated rings. The number of sulfonamides is 1. The van der Waals surface area contributed by atoms with Crippen LogP contribution in [0.15, 0.2) is 53.4 Å². The molecule has 34 heavy (non-hydrogen) atoms. The summed E-state index contributed by atoms with van der Waals surface area (Å²) < 4.78 is 60.7. The molecule has 0 aliphatic carbocycles. The van der Waals surface area contributed by atoms with Crippen molar-refractivity contribution in [3.63, 3.8) is 0 Å². The van der Waals surface area contributed by atoms with Crippen LogP contribution in [0.3, 0.4) is 0 Å². The van der Waals surface area contributed by atoms with E-state index in [4.69, 9.17) is 4.74 Å². The first-order valence-corrected chi connectivity index (χ1v) is 11.8. The fraction of sp³-hybridized carbons (Fsp3) is 0.318. The molecule has 1 aliphatic heterocycles. The molecule has 0 bridgehead atoms. The molecule has 2 aromatic rings. The zero-order valence-corrected chi connectivity index (χ0v) is 18.7. The number of rotatable bonds is 8. The molecule has 1 heterocycles. The van der Waals surface area contributed by atoms with Crippen LogP contribution in [-0.2, 0) is 19.6 Å². The summed E-state index contributed by atoms with van der Waals surface area (Å²) in [4.78, 5) is 36.5. The minimum Gasteiger partial charge on any atom is -0.452 e. The number of halogens is 2. The molecule has 2 aromatic carbocycles. The second-order valence-corrected chi connectivity index (χ2v) is 9.22. The topological polar surface area (TPSA) is 119 Å². The average Bonchev–Trinajstić information content (AvgIpc) is 2.83. The number of hydrogen-bond acceptors (Lipinski definition) is 7. The molecule has 1 saturated heterocycles. The van der Waals surface area contributed by atoms with Gasteiger partial charge in [-0.15, -0.1) is 0 Å². The second-order valence-electron chi connectivity index (χ2n) is 7.32. The van der Waals surface area contributed by atoms with Crippen molar-refractivity contribution in [3.05, 3.63) is 59.7 Å². The number of ether oxygens (including phenoxy) is 2. The summed E-state index contributed by atoms with van der Waals surface area (Å²) in [5.41, 5.74) is -0.235. The lowest BCUT2D eigenvalue weighted by Gasteiger charge is -2.26. The van der Waals surface area contributed by atoms with Crippen LogP contribution in [0.4, 0.5) is 8.78 Å². The van der Waals surface area contributed by atoms with E-state index in [1.54, 1.807) is 0 Å². The lowest BCUT2D eigenvalue weighted by atomic mass is 10.2. The van der Waals surface area contributed by atoms with Gasteiger partial charge in [0.25, 0.3) is 11.8 Å². The van der Waals surface area contributed by atoms with E-state index < -0.39 is 41.0 Å². The second kappa shape index (κ2) is 11.2. The van der Waals surface area contributed by atoms with Gasteiger partial charge < -0.3 is 9.47 Å². The summed E-state index contributed by atoms with van der Waals surface area (Å²) in [6.07, 6.45) is 2.38. The Balaban J connectivity index is 1.60. The normalized spacial score (nSPS) is 14.4. The standard InChI is InChI=1S/C22H22F2N2O7S/c23-22(24)33-16-10-8-15(9-11-16)20(28)25-19(27)14-32-21(29)17-6-2-3-7-18(17)34(30,31)26-12-4-1-5-13-26/h2-3,6-11,22H,1,4-5,12-14H2,(H,25,27,28). The Bertz CT molecular complexity index is 1150. The molecular formula is C22H22F2N2O7S. The Morgan fingerprint density at radius 3 is 2.26 bits per heavy atom. The molecule has 1 aliphatic rings. The molecule has 9 nitrogen and oxygen atoms in total. The van der Waals surface area contributed by atoms with Gasteiger partial charge in [-0.1, -0.05) is 18.6 Å². The lowest BCUT2D eigenvalue weighted by molar-refractivity contribution is -0.123. The molecule has 0 atom stereocenters. The number of esters is 1. The van der Waals surface area contributed by atoms with Gasteiger partial charge in [-0.3, -0.25) is 14.9 Å². The van der Waals surface area contributed by atoms with E-state index in [0.29, 0.717) is 13.1 Å². The third-order valence-corrected chi connectivity index (χ3v) is 6.93. The predicted molar refractivity (Wildman–Crippen MR) is 115 cm³/mol. The first-order valence-electron chi connectivity index (χ1n) is 10.3. The predicted octanol–water partition coefficient (Wildman–Crippen LogP) is 2.58. The number of imide groups is 1. The van der Waals surface area contributed by atoms with Crippen molar-refractivity contribution < 1.29 is 41.1 Å². The molecule has 182 valence electrons. The Morgan fingerprint density at radius 2 is 1.62 bits per heavy atom. The third-order valence-electron chi connectivity index (χ3n) is 4.97. The van der Waals surface area contributed by atoms with Crippen molar-refractivity contribution in [2.45, 2.75) is 30.8 Å².